The van der Waals surface area contributed by atoms with Gasteiger partial charge in [-0.15, -0.1) is 0 Å². The first-order valence-electron chi connectivity index (χ1n) is 9.89. The molecule has 0 unspecified atom stereocenters. The van der Waals surface area contributed by atoms with E-state index in [4.69, 9.17) is 0 Å². The summed E-state index contributed by atoms with van der Waals surface area (Å²) in [4.78, 5) is 31.1. The van der Waals surface area contributed by atoms with Crippen LogP contribution in [0.4, 0.5) is 5.69 Å². The minimum atomic E-state index is -0.538. The molecule has 3 aromatic rings. The second-order valence-corrected chi connectivity index (χ2v) is 9.09. The highest BCUT2D eigenvalue weighted by Crippen LogP contribution is 2.46. The predicted octanol–water partition coefficient (Wildman–Crippen LogP) is 4.67. The van der Waals surface area contributed by atoms with E-state index in [0.29, 0.717) is 31.6 Å². The zero-order chi connectivity index (χ0) is 20.3. The van der Waals surface area contributed by atoms with Crippen molar-refractivity contribution in [2.75, 3.05) is 18.4 Å². The van der Waals surface area contributed by atoms with Crippen LogP contribution in [0.2, 0.25) is 0 Å². The SMILES string of the molecule is Cc1ccc2cc(C(=O)N3CCC4(CC3)C(=O)Nc3ccc(Br)cc34)[nH]c2c1C. The number of nitrogens with zero attached hydrogens (tertiary/aromatic N) is 1. The molecule has 1 fully saturated rings. The van der Waals surface area contributed by atoms with Gasteiger partial charge in [-0.3, -0.25) is 9.59 Å². The molecule has 2 N–H and O–H groups in total. The number of hydrogen-bond acceptors (Lipinski definition) is 2. The van der Waals surface area contributed by atoms with Gasteiger partial charge in [0.25, 0.3) is 5.91 Å². The third kappa shape index (κ3) is 2.73. The number of hydrogen-bond donors (Lipinski definition) is 2. The number of carbonyl (C=O) groups is 2. The molecule has 3 heterocycles. The number of nitrogens with one attached hydrogen (secondary N) is 2. The maximum atomic E-state index is 13.1. The van der Waals surface area contributed by atoms with Crippen molar-refractivity contribution in [3.8, 4) is 0 Å². The van der Waals surface area contributed by atoms with Gasteiger partial charge < -0.3 is 15.2 Å². The predicted molar refractivity (Wildman–Crippen MR) is 117 cm³/mol. The van der Waals surface area contributed by atoms with E-state index in [0.717, 1.165) is 26.6 Å². The Bertz CT molecular complexity index is 1170. The molecule has 0 atom stereocenters. The lowest BCUT2D eigenvalue weighted by atomic mass is 9.73. The summed E-state index contributed by atoms with van der Waals surface area (Å²) in [5.41, 5.74) is 5.41. The standard InChI is InChI=1S/C23H22BrN3O2/c1-13-3-4-15-11-19(25-20(15)14(13)2)21(28)27-9-7-23(8-10-27)17-12-16(24)5-6-18(17)26-22(23)29/h3-6,11-12,25H,7-10H2,1-2H3,(H,26,29). The lowest BCUT2D eigenvalue weighted by Crippen LogP contribution is -2.48. The number of aryl methyl sites for hydroxylation is 2. The molecule has 5 nitrogen and oxygen atoms in total. The highest BCUT2D eigenvalue weighted by molar-refractivity contribution is 9.10. The fourth-order valence-electron chi connectivity index (χ4n) is 4.71. The molecular weight excluding hydrogens is 430 g/mol. The normalized spacial score (nSPS) is 17.6. The Balaban J connectivity index is 1.40. The number of amides is 2. The van der Waals surface area contributed by atoms with Crippen LogP contribution in [0.5, 0.6) is 0 Å². The molecule has 2 aromatic carbocycles. The minimum absolute atomic E-state index is 0.000902. The van der Waals surface area contributed by atoms with E-state index < -0.39 is 5.41 Å². The van der Waals surface area contributed by atoms with E-state index in [1.807, 2.05) is 35.2 Å². The Morgan fingerprint density at radius 3 is 2.62 bits per heavy atom. The van der Waals surface area contributed by atoms with Crippen LogP contribution in [0.3, 0.4) is 0 Å². The van der Waals surface area contributed by atoms with Crippen molar-refractivity contribution in [2.45, 2.75) is 32.1 Å². The topological polar surface area (TPSA) is 65.2 Å². The van der Waals surface area contributed by atoms with Crippen LogP contribution in [-0.2, 0) is 10.2 Å². The molecule has 2 amide bonds. The largest absolute Gasteiger partial charge is 0.350 e. The van der Waals surface area contributed by atoms with Crippen LogP contribution in [0.15, 0.2) is 40.9 Å². The Hall–Kier alpha value is -2.60. The van der Waals surface area contributed by atoms with Crippen molar-refractivity contribution in [3.63, 3.8) is 0 Å². The number of piperidine rings is 1. The van der Waals surface area contributed by atoms with Gasteiger partial charge in [0.15, 0.2) is 0 Å². The van der Waals surface area contributed by atoms with Crippen LogP contribution in [0, 0.1) is 13.8 Å². The molecule has 5 rings (SSSR count). The Labute approximate surface area is 177 Å². The van der Waals surface area contributed by atoms with Crippen molar-refractivity contribution in [1.29, 1.82) is 0 Å². The van der Waals surface area contributed by atoms with Gasteiger partial charge in [-0.1, -0.05) is 28.1 Å². The quantitative estimate of drug-likeness (QED) is 0.564. The van der Waals surface area contributed by atoms with Gasteiger partial charge in [-0.25, -0.2) is 0 Å². The van der Waals surface area contributed by atoms with Crippen LogP contribution in [-0.4, -0.2) is 34.8 Å². The van der Waals surface area contributed by atoms with Gasteiger partial charge >= 0.3 is 0 Å². The molecule has 6 heteroatoms. The Kier molecular flexibility index (Phi) is 4.10. The average Bonchev–Trinajstić information content (AvgIpc) is 3.26. The second-order valence-electron chi connectivity index (χ2n) is 8.17. The van der Waals surface area contributed by atoms with Crippen molar-refractivity contribution >= 4 is 44.3 Å². The van der Waals surface area contributed by atoms with Crippen molar-refractivity contribution < 1.29 is 9.59 Å². The molecule has 1 saturated heterocycles. The molecule has 0 bridgehead atoms. The van der Waals surface area contributed by atoms with Crippen LogP contribution >= 0.6 is 15.9 Å². The second kappa shape index (κ2) is 6.46. The summed E-state index contributed by atoms with van der Waals surface area (Å²) in [7, 11) is 0. The Morgan fingerprint density at radius 1 is 1.10 bits per heavy atom. The first-order chi connectivity index (χ1) is 13.9. The summed E-state index contributed by atoms with van der Waals surface area (Å²) in [5, 5.41) is 4.08. The van der Waals surface area contributed by atoms with E-state index in [9.17, 15) is 9.59 Å². The van der Waals surface area contributed by atoms with Crippen molar-refractivity contribution in [2.24, 2.45) is 0 Å². The molecule has 0 aliphatic carbocycles. The fourth-order valence-corrected chi connectivity index (χ4v) is 5.07. The van der Waals surface area contributed by atoms with E-state index in [1.54, 1.807) is 0 Å². The molecule has 1 spiro atoms. The number of rotatable bonds is 1. The highest BCUT2D eigenvalue weighted by atomic mass is 79.9. The number of carbonyl (C=O) groups excluding carboxylic acids is 2. The van der Waals surface area contributed by atoms with E-state index in [-0.39, 0.29) is 11.8 Å². The van der Waals surface area contributed by atoms with Gasteiger partial charge in [-0.05, 0) is 67.6 Å². The van der Waals surface area contributed by atoms with Crippen molar-refractivity contribution in [3.05, 3.63) is 63.3 Å². The van der Waals surface area contributed by atoms with Crippen LogP contribution in [0.1, 0.15) is 40.0 Å². The van der Waals surface area contributed by atoms with Crippen molar-refractivity contribution in [1.82, 2.24) is 9.88 Å². The Morgan fingerprint density at radius 2 is 1.86 bits per heavy atom. The molecule has 148 valence electrons. The molecule has 0 saturated carbocycles. The zero-order valence-corrected chi connectivity index (χ0v) is 18.0. The van der Waals surface area contributed by atoms with Crippen LogP contribution in [0.25, 0.3) is 10.9 Å². The summed E-state index contributed by atoms with van der Waals surface area (Å²) in [6.07, 6.45) is 1.26. The van der Waals surface area contributed by atoms with Crippen LogP contribution < -0.4 is 5.32 Å². The number of anilines is 1. The maximum absolute atomic E-state index is 13.1. The highest BCUT2D eigenvalue weighted by Gasteiger charge is 2.49. The monoisotopic (exact) mass is 451 g/mol. The number of fused-ring (bicyclic) bond motifs is 3. The number of aromatic nitrogens is 1. The summed E-state index contributed by atoms with van der Waals surface area (Å²) in [6, 6.07) is 12.0. The fraction of sp³-hybridized carbons (Fsp3) is 0.304. The van der Waals surface area contributed by atoms with Gasteiger partial charge in [0.1, 0.15) is 5.69 Å². The molecule has 0 radical (unpaired) electrons. The summed E-state index contributed by atoms with van der Waals surface area (Å²) in [6.45, 7) is 5.27. The number of benzene rings is 2. The first kappa shape index (κ1) is 18.4. The van der Waals surface area contributed by atoms with Gasteiger partial charge in [0.05, 0.1) is 5.41 Å². The number of aromatic amines is 1. The summed E-state index contributed by atoms with van der Waals surface area (Å²) in [5.74, 6) is 0.0513. The molecule has 2 aliphatic rings. The number of likely N-dealkylation sites (tertiary alicyclic amines) is 1. The third-order valence-corrected chi connectivity index (χ3v) is 7.14. The number of halogens is 1. The lowest BCUT2D eigenvalue weighted by molar-refractivity contribution is -0.122. The van der Waals surface area contributed by atoms with E-state index >= 15 is 0 Å². The zero-order valence-electron chi connectivity index (χ0n) is 16.4. The van der Waals surface area contributed by atoms with E-state index in [1.165, 1.54) is 11.1 Å². The van der Waals surface area contributed by atoms with Gasteiger partial charge in [0, 0.05) is 34.2 Å². The van der Waals surface area contributed by atoms with Gasteiger partial charge in [-0.2, -0.15) is 0 Å². The maximum Gasteiger partial charge on any atom is 0.270 e. The molecular formula is C23H22BrN3O2. The van der Waals surface area contributed by atoms with Gasteiger partial charge in [0.2, 0.25) is 5.91 Å². The number of H-pyrrole nitrogens is 1. The molecule has 29 heavy (non-hydrogen) atoms. The minimum Gasteiger partial charge on any atom is -0.350 e. The average molecular weight is 452 g/mol. The molecule has 1 aromatic heterocycles. The lowest BCUT2D eigenvalue weighted by Gasteiger charge is -2.37. The summed E-state index contributed by atoms with van der Waals surface area (Å²) < 4.78 is 0.967. The molecule has 2 aliphatic heterocycles. The summed E-state index contributed by atoms with van der Waals surface area (Å²) >= 11 is 3.52. The first-order valence-corrected chi connectivity index (χ1v) is 10.7. The smallest absolute Gasteiger partial charge is 0.270 e. The van der Waals surface area contributed by atoms with E-state index in [2.05, 4.69) is 46.1 Å². The third-order valence-electron chi connectivity index (χ3n) is 6.64.